The number of hydrogen-bond acceptors (Lipinski definition) is 5. The smallest absolute Gasteiger partial charge is 0.234 e. The third-order valence-electron chi connectivity index (χ3n) is 5.06. The molecule has 0 bridgehead atoms. The number of aromatic nitrogens is 3. The van der Waals surface area contributed by atoms with Crippen molar-refractivity contribution in [2.75, 3.05) is 11.1 Å². The maximum absolute atomic E-state index is 12.7. The normalized spacial score (nSPS) is 11.0. The molecule has 164 valence electrons. The van der Waals surface area contributed by atoms with Gasteiger partial charge in [0.15, 0.2) is 11.0 Å². The number of thioether (sulfide) groups is 1. The van der Waals surface area contributed by atoms with Crippen molar-refractivity contribution in [3.8, 4) is 11.4 Å². The fourth-order valence-electron chi connectivity index (χ4n) is 3.45. The lowest BCUT2D eigenvalue weighted by Gasteiger charge is -2.13. The van der Waals surface area contributed by atoms with E-state index in [0.717, 1.165) is 34.6 Å². The molecule has 0 saturated heterocycles. The van der Waals surface area contributed by atoms with Gasteiger partial charge in [0.1, 0.15) is 5.76 Å². The summed E-state index contributed by atoms with van der Waals surface area (Å²) < 4.78 is 7.45. The van der Waals surface area contributed by atoms with Gasteiger partial charge in [0.25, 0.3) is 0 Å². The molecular weight excluding hydrogens is 444 g/mol. The number of para-hydroxylation sites is 1. The molecule has 2 aromatic carbocycles. The highest BCUT2D eigenvalue weighted by Crippen LogP contribution is 2.30. The van der Waals surface area contributed by atoms with Crippen molar-refractivity contribution in [3.63, 3.8) is 0 Å². The first-order valence-corrected chi connectivity index (χ1v) is 11.6. The van der Waals surface area contributed by atoms with E-state index in [1.165, 1.54) is 11.8 Å². The predicted octanol–water partition coefficient (Wildman–Crippen LogP) is 5.84. The fraction of sp³-hybridized carbons (Fsp3) is 0.208. The van der Waals surface area contributed by atoms with Crippen LogP contribution in [0, 0.1) is 6.92 Å². The standard InChI is InChI=1S/C24H23ClN4O2S/c1-3-17-9-6-8-16(2)22(17)26-21(30)15-32-24-28-27-23(19-11-4-5-12-20(19)25)29(24)14-18-10-7-13-31-18/h4-13H,3,14-15H2,1-2H3,(H,26,30). The first-order chi connectivity index (χ1) is 15.6. The molecule has 0 spiro atoms. The van der Waals surface area contributed by atoms with E-state index in [-0.39, 0.29) is 11.7 Å². The average Bonchev–Trinajstić information content (AvgIpc) is 3.44. The molecule has 0 unspecified atom stereocenters. The summed E-state index contributed by atoms with van der Waals surface area (Å²) in [6, 6.07) is 17.3. The number of furan rings is 1. The highest BCUT2D eigenvalue weighted by molar-refractivity contribution is 7.99. The van der Waals surface area contributed by atoms with E-state index in [9.17, 15) is 4.79 Å². The Kier molecular flexibility index (Phi) is 6.97. The van der Waals surface area contributed by atoms with Gasteiger partial charge in [0.2, 0.25) is 5.91 Å². The molecule has 0 aliphatic rings. The van der Waals surface area contributed by atoms with E-state index in [1.807, 2.05) is 66.1 Å². The van der Waals surface area contributed by atoms with Crippen LogP contribution in [0.2, 0.25) is 5.02 Å². The Hall–Kier alpha value is -3.03. The Balaban J connectivity index is 1.56. The van der Waals surface area contributed by atoms with Gasteiger partial charge in [-0.2, -0.15) is 0 Å². The van der Waals surface area contributed by atoms with Crippen LogP contribution in [0.3, 0.4) is 0 Å². The van der Waals surface area contributed by atoms with Gasteiger partial charge in [0.05, 0.1) is 23.6 Å². The topological polar surface area (TPSA) is 73.0 Å². The minimum absolute atomic E-state index is 0.0918. The van der Waals surface area contributed by atoms with Crippen LogP contribution in [0.15, 0.2) is 70.4 Å². The molecule has 0 aliphatic carbocycles. The van der Waals surface area contributed by atoms with E-state index in [1.54, 1.807) is 6.26 Å². The molecule has 0 saturated carbocycles. The molecule has 0 atom stereocenters. The highest BCUT2D eigenvalue weighted by Gasteiger charge is 2.19. The van der Waals surface area contributed by atoms with E-state index in [4.69, 9.17) is 16.0 Å². The summed E-state index contributed by atoms with van der Waals surface area (Å²) in [6.45, 7) is 4.51. The Morgan fingerprint density at radius 2 is 1.97 bits per heavy atom. The Morgan fingerprint density at radius 1 is 1.12 bits per heavy atom. The number of rotatable bonds is 8. The van der Waals surface area contributed by atoms with Gasteiger partial charge in [-0.25, -0.2) is 0 Å². The lowest BCUT2D eigenvalue weighted by Crippen LogP contribution is -2.17. The van der Waals surface area contributed by atoms with Crippen LogP contribution in [0.25, 0.3) is 11.4 Å². The number of anilines is 1. The highest BCUT2D eigenvalue weighted by atomic mass is 35.5. The molecule has 4 rings (SSSR count). The zero-order chi connectivity index (χ0) is 22.5. The Labute approximate surface area is 196 Å². The van der Waals surface area contributed by atoms with Crippen LogP contribution in [-0.2, 0) is 17.8 Å². The molecule has 2 aromatic heterocycles. The predicted molar refractivity (Wildman–Crippen MR) is 128 cm³/mol. The van der Waals surface area contributed by atoms with Crippen molar-refractivity contribution in [1.82, 2.24) is 14.8 Å². The first kappa shape index (κ1) is 22.2. The lowest BCUT2D eigenvalue weighted by atomic mass is 10.1. The zero-order valence-corrected chi connectivity index (χ0v) is 19.4. The largest absolute Gasteiger partial charge is 0.467 e. The van der Waals surface area contributed by atoms with E-state index in [0.29, 0.717) is 22.5 Å². The summed E-state index contributed by atoms with van der Waals surface area (Å²) in [4.78, 5) is 12.7. The minimum Gasteiger partial charge on any atom is -0.467 e. The van der Waals surface area contributed by atoms with Gasteiger partial charge < -0.3 is 9.73 Å². The number of amides is 1. The number of halogens is 1. The van der Waals surface area contributed by atoms with E-state index < -0.39 is 0 Å². The van der Waals surface area contributed by atoms with Crippen molar-refractivity contribution < 1.29 is 9.21 Å². The van der Waals surface area contributed by atoms with Crippen LogP contribution in [0.5, 0.6) is 0 Å². The third kappa shape index (κ3) is 4.89. The van der Waals surface area contributed by atoms with Crippen LogP contribution in [0.1, 0.15) is 23.8 Å². The SMILES string of the molecule is CCc1cccc(C)c1NC(=O)CSc1nnc(-c2ccccc2Cl)n1Cc1ccco1. The second-order valence-electron chi connectivity index (χ2n) is 7.25. The third-order valence-corrected chi connectivity index (χ3v) is 6.36. The number of carbonyl (C=O) groups is 1. The van der Waals surface area contributed by atoms with E-state index >= 15 is 0 Å². The van der Waals surface area contributed by atoms with Crippen molar-refractivity contribution in [2.45, 2.75) is 32.0 Å². The monoisotopic (exact) mass is 466 g/mol. The molecule has 2 heterocycles. The maximum atomic E-state index is 12.7. The molecule has 4 aromatic rings. The quantitative estimate of drug-likeness (QED) is 0.330. The number of nitrogens with one attached hydrogen (secondary N) is 1. The Morgan fingerprint density at radius 3 is 2.72 bits per heavy atom. The van der Waals surface area contributed by atoms with Gasteiger partial charge in [-0.1, -0.05) is 60.6 Å². The number of nitrogens with zero attached hydrogens (tertiary/aromatic N) is 3. The molecule has 6 nitrogen and oxygen atoms in total. The second-order valence-corrected chi connectivity index (χ2v) is 8.60. The molecule has 0 radical (unpaired) electrons. The number of hydrogen-bond donors (Lipinski definition) is 1. The molecule has 1 amide bonds. The molecule has 0 fully saturated rings. The minimum atomic E-state index is -0.0918. The summed E-state index contributed by atoms with van der Waals surface area (Å²) >= 11 is 7.74. The molecule has 32 heavy (non-hydrogen) atoms. The fourth-order valence-corrected chi connectivity index (χ4v) is 4.40. The van der Waals surface area contributed by atoms with Crippen LogP contribution >= 0.6 is 23.4 Å². The van der Waals surface area contributed by atoms with Gasteiger partial charge in [-0.15, -0.1) is 10.2 Å². The number of benzene rings is 2. The summed E-state index contributed by atoms with van der Waals surface area (Å²) in [5, 5.41) is 13.0. The molecule has 8 heteroatoms. The van der Waals surface area contributed by atoms with Gasteiger partial charge >= 0.3 is 0 Å². The van der Waals surface area contributed by atoms with Crippen molar-refractivity contribution in [2.24, 2.45) is 0 Å². The summed E-state index contributed by atoms with van der Waals surface area (Å²) in [5.41, 5.74) is 3.82. The van der Waals surface area contributed by atoms with Crippen LogP contribution < -0.4 is 5.32 Å². The lowest BCUT2D eigenvalue weighted by molar-refractivity contribution is -0.113. The van der Waals surface area contributed by atoms with Gasteiger partial charge in [-0.05, 0) is 48.7 Å². The van der Waals surface area contributed by atoms with Crippen LogP contribution in [0.4, 0.5) is 5.69 Å². The average molecular weight is 467 g/mol. The molecule has 1 N–H and O–H groups in total. The zero-order valence-electron chi connectivity index (χ0n) is 17.8. The summed E-state index contributed by atoms with van der Waals surface area (Å²) in [5.74, 6) is 1.50. The van der Waals surface area contributed by atoms with Crippen molar-refractivity contribution in [3.05, 3.63) is 82.8 Å². The number of carbonyl (C=O) groups excluding carboxylic acids is 1. The molecular formula is C24H23ClN4O2S. The van der Waals surface area contributed by atoms with Crippen LogP contribution in [-0.4, -0.2) is 26.4 Å². The van der Waals surface area contributed by atoms with E-state index in [2.05, 4.69) is 22.4 Å². The van der Waals surface area contributed by atoms with Crippen molar-refractivity contribution in [1.29, 1.82) is 0 Å². The second kappa shape index (κ2) is 10.1. The summed E-state index contributed by atoms with van der Waals surface area (Å²) in [6.07, 6.45) is 2.48. The first-order valence-electron chi connectivity index (χ1n) is 10.3. The van der Waals surface area contributed by atoms with Gasteiger partial charge in [-0.3, -0.25) is 9.36 Å². The van der Waals surface area contributed by atoms with Gasteiger partial charge in [0, 0.05) is 11.3 Å². The van der Waals surface area contributed by atoms with Crippen molar-refractivity contribution >= 4 is 35.0 Å². The Bertz CT molecular complexity index is 1220. The molecule has 0 aliphatic heterocycles. The number of aryl methyl sites for hydroxylation is 2. The maximum Gasteiger partial charge on any atom is 0.234 e. The summed E-state index contributed by atoms with van der Waals surface area (Å²) in [7, 11) is 0.